The van der Waals surface area contributed by atoms with Gasteiger partial charge in [0, 0.05) is 83.5 Å². The van der Waals surface area contributed by atoms with Crippen LogP contribution >= 0.6 is 11.6 Å². The van der Waals surface area contributed by atoms with E-state index in [0.717, 1.165) is 25.3 Å². The Labute approximate surface area is 407 Å². The summed E-state index contributed by atoms with van der Waals surface area (Å²) in [4.78, 5) is 70.8. The number of hydrogen-bond acceptors (Lipinski definition) is 9. The summed E-state index contributed by atoms with van der Waals surface area (Å²) in [5.41, 5.74) is -0.247. The zero-order valence-corrected chi connectivity index (χ0v) is 39.7. The van der Waals surface area contributed by atoms with Gasteiger partial charge in [0.15, 0.2) is 0 Å². The van der Waals surface area contributed by atoms with Crippen molar-refractivity contribution in [2.24, 2.45) is 16.7 Å². The van der Waals surface area contributed by atoms with Crippen LogP contribution < -0.4 is 31.3 Å². The third kappa shape index (κ3) is 9.31. The van der Waals surface area contributed by atoms with Crippen LogP contribution in [-0.2, 0) is 26.0 Å². The lowest BCUT2D eigenvalue weighted by molar-refractivity contribution is -0.141. The van der Waals surface area contributed by atoms with Gasteiger partial charge in [-0.2, -0.15) is 13.2 Å². The van der Waals surface area contributed by atoms with Gasteiger partial charge in [-0.15, -0.1) is 0 Å². The molecule has 9 rings (SSSR count). The molecule has 5 N–H and O–H groups in total. The predicted octanol–water partition coefficient (Wildman–Crippen LogP) is 7.59. The van der Waals surface area contributed by atoms with E-state index in [-0.39, 0.29) is 75.7 Å². The molecule has 366 valence electrons. The van der Waals surface area contributed by atoms with Gasteiger partial charge in [0.2, 0.25) is 17.7 Å². The van der Waals surface area contributed by atoms with E-state index in [9.17, 15) is 37.1 Å². The number of rotatable bonds is 8. The van der Waals surface area contributed by atoms with Crippen LogP contribution in [0.3, 0.4) is 0 Å². The molecule has 3 aromatic carbocycles. The maximum absolute atomic E-state index is 16.3. The number of likely N-dealkylation sites (tertiary alicyclic amines) is 1. The van der Waals surface area contributed by atoms with Gasteiger partial charge in [-0.3, -0.25) is 34.3 Å². The van der Waals surface area contributed by atoms with Gasteiger partial charge in [-0.05, 0) is 97.0 Å². The summed E-state index contributed by atoms with van der Waals surface area (Å²) in [5, 5.41) is 14.3. The third-order valence-electron chi connectivity index (χ3n) is 14.6. The van der Waals surface area contributed by atoms with Crippen LogP contribution in [0.15, 0.2) is 72.9 Å². The summed E-state index contributed by atoms with van der Waals surface area (Å²) in [6.45, 7) is 7.12. The van der Waals surface area contributed by atoms with Gasteiger partial charge in [0.1, 0.15) is 23.3 Å². The molecule has 1 saturated carbocycles. The third-order valence-corrected chi connectivity index (χ3v) is 14.9. The SMILES string of the molecule is COc1cc(C(=O)N2CCC3(CC2)C[C@@H]3C#Cc2cccc(C(=O)NC3CCC(=O)NC3=O)c2)ccc1NC(=O)[C@@H]1N[C@@H](CC(C)(C)C)[C@@]2(CNc3cc(C(F)(F)F)ncc32)[C@H]1c1cccc(Cl)c1F. The van der Waals surface area contributed by atoms with E-state index in [2.05, 4.69) is 43.4 Å². The van der Waals surface area contributed by atoms with E-state index in [1.807, 2.05) is 26.8 Å². The zero-order chi connectivity index (χ0) is 49.9. The monoisotopic (exact) mass is 981 g/mol. The van der Waals surface area contributed by atoms with Gasteiger partial charge in [0.25, 0.3) is 11.8 Å². The standard InChI is InChI=1S/C52H52ClF4N7O6/c1-49(2,3)25-40-51(27-59-37-23-39(52(55,56)57)58-26-33(37)51)42(32-9-6-10-34(53)43(32)54)44(62-40)47(68)60-35-14-12-30(22-38(35)70-4)48(69)64-19-17-50(18-20-64)24-31(50)13-11-28-7-5-8-29(21-28)45(66)61-36-15-16-41(65)63-46(36)67/h5-10,12,14,21-23,26,31,36,40,42,44,59,62H,15-20,24-25,27H2,1-4H3,(H,60,68)(H,61,66)(H,63,65,67)/t31-,36?,40-,42-,44+,51-/m0/s1. The van der Waals surface area contributed by atoms with Crippen molar-refractivity contribution in [3.05, 3.63) is 117 Å². The number of aromatic nitrogens is 1. The van der Waals surface area contributed by atoms with E-state index in [4.69, 9.17) is 16.3 Å². The van der Waals surface area contributed by atoms with Crippen LogP contribution in [0.4, 0.5) is 28.9 Å². The Kier molecular flexibility index (Phi) is 12.7. The molecule has 5 aliphatic rings. The largest absolute Gasteiger partial charge is 0.495 e. The molecule has 13 nitrogen and oxygen atoms in total. The zero-order valence-electron chi connectivity index (χ0n) is 38.9. The van der Waals surface area contributed by atoms with Crippen LogP contribution in [-0.4, -0.2) is 84.3 Å². The van der Waals surface area contributed by atoms with Crippen molar-refractivity contribution < 1.29 is 46.3 Å². The van der Waals surface area contributed by atoms with Crippen LogP contribution in [0.1, 0.15) is 108 Å². The molecule has 0 radical (unpaired) electrons. The lowest BCUT2D eigenvalue weighted by Crippen LogP contribution is -2.52. The maximum Gasteiger partial charge on any atom is 0.433 e. The van der Waals surface area contributed by atoms with Gasteiger partial charge < -0.3 is 30.9 Å². The number of amides is 5. The summed E-state index contributed by atoms with van der Waals surface area (Å²) in [5.74, 6) is 3.10. The molecular weight excluding hydrogens is 930 g/mol. The lowest BCUT2D eigenvalue weighted by Gasteiger charge is -2.39. The van der Waals surface area contributed by atoms with Crippen molar-refractivity contribution in [2.75, 3.05) is 37.4 Å². The molecule has 1 aromatic heterocycles. The van der Waals surface area contributed by atoms with Crippen molar-refractivity contribution in [1.29, 1.82) is 0 Å². The summed E-state index contributed by atoms with van der Waals surface area (Å²) in [7, 11) is 1.42. The minimum absolute atomic E-state index is 0.0276. The van der Waals surface area contributed by atoms with Crippen LogP contribution in [0.2, 0.25) is 5.02 Å². The van der Waals surface area contributed by atoms with E-state index >= 15 is 4.39 Å². The molecule has 1 aliphatic carbocycles. The molecule has 5 heterocycles. The van der Waals surface area contributed by atoms with E-state index in [1.165, 1.54) is 19.4 Å². The molecule has 3 saturated heterocycles. The summed E-state index contributed by atoms with van der Waals surface area (Å²) < 4.78 is 63.7. The number of carbonyl (C=O) groups is 5. The topological polar surface area (TPSA) is 171 Å². The van der Waals surface area contributed by atoms with Crippen molar-refractivity contribution in [2.45, 2.75) is 94.9 Å². The second-order valence-electron chi connectivity index (χ2n) is 20.2. The number of pyridine rings is 1. The molecule has 0 bridgehead atoms. The molecule has 1 unspecified atom stereocenters. The second-order valence-corrected chi connectivity index (χ2v) is 20.6. The number of nitrogens with zero attached hydrogens (tertiary/aromatic N) is 2. The van der Waals surface area contributed by atoms with Crippen molar-refractivity contribution in [3.8, 4) is 17.6 Å². The number of ether oxygens (including phenoxy) is 1. The van der Waals surface area contributed by atoms with Gasteiger partial charge in [0.05, 0.1) is 23.9 Å². The molecule has 4 aliphatic heterocycles. The molecule has 4 aromatic rings. The number of methoxy groups -OCH3 is 1. The Balaban J connectivity index is 0.889. The Morgan fingerprint density at radius 3 is 2.47 bits per heavy atom. The number of fused-ring (bicyclic) bond motifs is 2. The average molecular weight is 982 g/mol. The number of halogens is 5. The number of alkyl halides is 3. The molecule has 18 heteroatoms. The number of nitrogens with one attached hydrogen (secondary N) is 5. The van der Waals surface area contributed by atoms with E-state index in [0.29, 0.717) is 41.8 Å². The predicted molar refractivity (Wildman–Crippen MR) is 253 cm³/mol. The summed E-state index contributed by atoms with van der Waals surface area (Å²) in [6, 6.07) is 14.6. The highest BCUT2D eigenvalue weighted by atomic mass is 35.5. The lowest BCUT2D eigenvalue weighted by atomic mass is 9.63. The second kappa shape index (κ2) is 18.3. The molecule has 5 amide bonds. The summed E-state index contributed by atoms with van der Waals surface area (Å²) >= 11 is 6.37. The number of anilines is 2. The fraction of sp³-hybridized carbons (Fsp3) is 0.423. The Morgan fingerprint density at radius 2 is 1.76 bits per heavy atom. The first-order chi connectivity index (χ1) is 33.2. The minimum atomic E-state index is -4.70. The fourth-order valence-corrected chi connectivity index (χ4v) is 11.1. The first-order valence-corrected chi connectivity index (χ1v) is 23.6. The van der Waals surface area contributed by atoms with Crippen molar-refractivity contribution in [1.82, 2.24) is 25.8 Å². The molecule has 6 atom stereocenters. The first kappa shape index (κ1) is 48.5. The molecule has 70 heavy (non-hydrogen) atoms. The van der Waals surface area contributed by atoms with Crippen LogP contribution in [0.5, 0.6) is 5.75 Å². The Morgan fingerprint density at radius 1 is 1.00 bits per heavy atom. The highest BCUT2D eigenvalue weighted by Crippen LogP contribution is 2.59. The fourth-order valence-electron chi connectivity index (χ4n) is 10.9. The van der Waals surface area contributed by atoms with Gasteiger partial charge in [-0.1, -0.05) is 62.4 Å². The summed E-state index contributed by atoms with van der Waals surface area (Å²) in [6.07, 6.45) is -0.296. The van der Waals surface area contributed by atoms with Gasteiger partial charge >= 0.3 is 6.18 Å². The molecule has 4 fully saturated rings. The average Bonchev–Trinajstić information content (AvgIpc) is 3.68. The maximum atomic E-state index is 16.3. The minimum Gasteiger partial charge on any atom is -0.495 e. The molecule has 2 spiro atoms. The van der Waals surface area contributed by atoms with Crippen LogP contribution in [0.25, 0.3) is 0 Å². The van der Waals surface area contributed by atoms with Gasteiger partial charge in [-0.25, -0.2) is 4.39 Å². The smallest absolute Gasteiger partial charge is 0.433 e. The van der Waals surface area contributed by atoms with Crippen molar-refractivity contribution in [3.63, 3.8) is 0 Å². The Bertz CT molecular complexity index is 2870. The first-order valence-electron chi connectivity index (χ1n) is 23.3. The highest BCUT2D eigenvalue weighted by molar-refractivity contribution is 6.30. The molecular formula is C52H52ClF4N7O6. The van der Waals surface area contributed by atoms with Crippen molar-refractivity contribution >= 4 is 52.5 Å². The number of piperidine rings is 2. The number of carbonyl (C=O) groups excluding carboxylic acids is 5. The normalized spacial score (nSPS) is 24.5. The highest BCUT2D eigenvalue weighted by Gasteiger charge is 2.62. The van der Waals surface area contributed by atoms with Crippen LogP contribution in [0, 0.1) is 34.4 Å². The van der Waals surface area contributed by atoms with E-state index < -0.39 is 64.9 Å². The quantitative estimate of drug-likeness (QED) is 0.0678. The Hall–Kier alpha value is -6.51. The number of benzene rings is 3. The van der Waals surface area contributed by atoms with E-state index in [1.54, 1.807) is 53.4 Å². The number of imide groups is 1. The number of hydrogen-bond donors (Lipinski definition) is 5.